The molecule has 4 rings (SSSR count). The number of para-hydroxylation sites is 2. The van der Waals surface area contributed by atoms with Gasteiger partial charge in [0.2, 0.25) is 0 Å². The number of rotatable bonds is 9. The SMILES string of the molecule is CCC(C)c1ccc(OCCn2c(CNC(=O)c3ccc(Cl)cc3)nc3ccccc32)cc1. The van der Waals surface area contributed by atoms with Crippen LogP contribution >= 0.6 is 11.6 Å². The Kier molecular flexibility index (Phi) is 7.30. The molecule has 0 aliphatic rings. The third kappa shape index (κ3) is 5.55. The van der Waals surface area contributed by atoms with Gasteiger partial charge in [-0.15, -0.1) is 0 Å². The molecule has 33 heavy (non-hydrogen) atoms. The highest BCUT2D eigenvalue weighted by atomic mass is 35.5. The molecule has 6 heteroatoms. The molecule has 1 heterocycles. The maximum absolute atomic E-state index is 12.5. The molecule has 1 amide bonds. The number of benzene rings is 3. The number of aromatic nitrogens is 2. The zero-order valence-corrected chi connectivity index (χ0v) is 19.7. The van der Waals surface area contributed by atoms with E-state index >= 15 is 0 Å². The Morgan fingerprint density at radius 2 is 1.79 bits per heavy atom. The lowest BCUT2D eigenvalue weighted by Crippen LogP contribution is -2.25. The van der Waals surface area contributed by atoms with E-state index < -0.39 is 0 Å². The van der Waals surface area contributed by atoms with Crippen molar-refractivity contribution < 1.29 is 9.53 Å². The molecule has 0 aliphatic heterocycles. The van der Waals surface area contributed by atoms with Crippen LogP contribution in [0.2, 0.25) is 5.02 Å². The van der Waals surface area contributed by atoms with E-state index in [2.05, 4.69) is 35.9 Å². The number of imidazole rings is 1. The molecule has 0 saturated carbocycles. The van der Waals surface area contributed by atoms with Crippen LogP contribution < -0.4 is 10.1 Å². The summed E-state index contributed by atoms with van der Waals surface area (Å²) in [6.45, 7) is 5.87. The van der Waals surface area contributed by atoms with E-state index in [1.807, 2.05) is 36.4 Å². The van der Waals surface area contributed by atoms with Gasteiger partial charge in [-0.1, -0.05) is 49.7 Å². The van der Waals surface area contributed by atoms with Gasteiger partial charge >= 0.3 is 0 Å². The van der Waals surface area contributed by atoms with Crippen LogP contribution in [0.5, 0.6) is 5.75 Å². The van der Waals surface area contributed by atoms with Gasteiger partial charge in [-0.25, -0.2) is 4.98 Å². The largest absolute Gasteiger partial charge is 0.492 e. The molecule has 0 fully saturated rings. The standard InChI is InChI=1S/C27H28ClN3O2/c1-3-19(2)20-10-14-23(15-11-20)33-17-16-31-25-7-5-4-6-24(25)30-26(31)18-29-27(32)21-8-12-22(28)13-9-21/h4-15,19H,3,16-18H2,1-2H3,(H,29,32). The van der Waals surface area contributed by atoms with Crippen molar-refractivity contribution in [3.8, 4) is 5.75 Å². The molecule has 0 saturated heterocycles. The minimum absolute atomic E-state index is 0.164. The number of nitrogens with one attached hydrogen (secondary N) is 1. The molecule has 1 unspecified atom stereocenters. The first kappa shape index (κ1) is 22.9. The van der Waals surface area contributed by atoms with Crippen molar-refractivity contribution in [1.82, 2.24) is 14.9 Å². The summed E-state index contributed by atoms with van der Waals surface area (Å²) in [5, 5.41) is 3.56. The number of carbonyl (C=O) groups is 1. The lowest BCUT2D eigenvalue weighted by atomic mass is 9.99. The highest BCUT2D eigenvalue weighted by Gasteiger charge is 2.13. The molecule has 0 spiro atoms. The summed E-state index contributed by atoms with van der Waals surface area (Å²) in [4.78, 5) is 17.3. The molecule has 1 aromatic heterocycles. The second kappa shape index (κ2) is 10.5. The Morgan fingerprint density at radius 3 is 2.52 bits per heavy atom. The van der Waals surface area contributed by atoms with E-state index in [1.54, 1.807) is 24.3 Å². The number of ether oxygens (including phenoxy) is 1. The van der Waals surface area contributed by atoms with Crippen LogP contribution in [0.1, 0.15) is 47.9 Å². The van der Waals surface area contributed by atoms with Crippen molar-refractivity contribution in [2.45, 2.75) is 39.3 Å². The van der Waals surface area contributed by atoms with Crippen LogP contribution in [0.4, 0.5) is 0 Å². The summed E-state index contributed by atoms with van der Waals surface area (Å²) in [5.74, 6) is 2.02. The van der Waals surface area contributed by atoms with Crippen molar-refractivity contribution in [2.75, 3.05) is 6.61 Å². The summed E-state index contributed by atoms with van der Waals surface area (Å²) >= 11 is 5.92. The maximum Gasteiger partial charge on any atom is 0.251 e. The first-order valence-corrected chi connectivity index (χ1v) is 11.6. The van der Waals surface area contributed by atoms with E-state index in [-0.39, 0.29) is 5.91 Å². The average molecular weight is 462 g/mol. The number of halogens is 1. The Hall–Kier alpha value is -3.31. The normalized spacial score (nSPS) is 12.0. The molecule has 1 atom stereocenters. The Morgan fingerprint density at radius 1 is 1.06 bits per heavy atom. The minimum Gasteiger partial charge on any atom is -0.492 e. The first-order valence-electron chi connectivity index (χ1n) is 11.3. The molecule has 0 aliphatic carbocycles. The monoisotopic (exact) mass is 461 g/mol. The predicted molar refractivity (Wildman–Crippen MR) is 133 cm³/mol. The number of amides is 1. The predicted octanol–water partition coefficient (Wildman–Crippen LogP) is 6.21. The topological polar surface area (TPSA) is 56.1 Å². The fraction of sp³-hybridized carbons (Fsp3) is 0.259. The van der Waals surface area contributed by atoms with E-state index in [0.717, 1.165) is 29.0 Å². The molecule has 170 valence electrons. The Balaban J connectivity index is 1.43. The highest BCUT2D eigenvalue weighted by molar-refractivity contribution is 6.30. The maximum atomic E-state index is 12.5. The van der Waals surface area contributed by atoms with Gasteiger partial charge in [0.25, 0.3) is 5.91 Å². The molecule has 1 N–H and O–H groups in total. The van der Waals surface area contributed by atoms with E-state index in [4.69, 9.17) is 21.3 Å². The summed E-state index contributed by atoms with van der Waals surface area (Å²) in [6, 6.07) is 23.1. The average Bonchev–Trinajstić information content (AvgIpc) is 3.20. The lowest BCUT2D eigenvalue weighted by molar-refractivity contribution is 0.0949. The zero-order chi connectivity index (χ0) is 23.2. The molecule has 0 radical (unpaired) electrons. The van der Waals surface area contributed by atoms with Crippen LogP contribution in [0, 0.1) is 0 Å². The van der Waals surface area contributed by atoms with Gasteiger partial charge in [0, 0.05) is 10.6 Å². The van der Waals surface area contributed by atoms with E-state index in [0.29, 0.717) is 36.2 Å². The number of fused-ring (bicyclic) bond motifs is 1. The Labute approximate surface area is 199 Å². The molecular formula is C27H28ClN3O2. The van der Waals surface area contributed by atoms with Crippen molar-refractivity contribution >= 4 is 28.5 Å². The van der Waals surface area contributed by atoms with Crippen molar-refractivity contribution in [3.63, 3.8) is 0 Å². The molecule has 4 aromatic rings. The fourth-order valence-corrected chi connectivity index (χ4v) is 3.88. The number of hydrogen-bond acceptors (Lipinski definition) is 3. The third-order valence-corrected chi connectivity index (χ3v) is 6.14. The second-order valence-electron chi connectivity index (χ2n) is 8.08. The molecule has 3 aromatic carbocycles. The van der Waals surface area contributed by atoms with Gasteiger partial charge in [0.15, 0.2) is 0 Å². The zero-order valence-electron chi connectivity index (χ0n) is 18.9. The van der Waals surface area contributed by atoms with Crippen LogP contribution in [-0.4, -0.2) is 22.1 Å². The van der Waals surface area contributed by atoms with Gasteiger partial charge in [-0.3, -0.25) is 4.79 Å². The molecular weight excluding hydrogens is 434 g/mol. The van der Waals surface area contributed by atoms with Gasteiger partial charge in [0.1, 0.15) is 18.2 Å². The van der Waals surface area contributed by atoms with E-state index in [1.165, 1.54) is 5.56 Å². The minimum atomic E-state index is -0.164. The number of carbonyl (C=O) groups excluding carboxylic acids is 1. The van der Waals surface area contributed by atoms with Gasteiger partial charge in [-0.05, 0) is 66.4 Å². The van der Waals surface area contributed by atoms with Crippen LogP contribution in [0.3, 0.4) is 0 Å². The van der Waals surface area contributed by atoms with Crippen molar-refractivity contribution in [2.24, 2.45) is 0 Å². The van der Waals surface area contributed by atoms with Gasteiger partial charge < -0.3 is 14.6 Å². The number of nitrogens with zero attached hydrogens (tertiary/aromatic N) is 2. The fourth-order valence-electron chi connectivity index (χ4n) is 3.76. The summed E-state index contributed by atoms with van der Waals surface area (Å²) in [7, 11) is 0. The summed E-state index contributed by atoms with van der Waals surface area (Å²) in [5.41, 5.74) is 3.80. The van der Waals surface area contributed by atoms with Gasteiger partial charge in [-0.2, -0.15) is 0 Å². The second-order valence-corrected chi connectivity index (χ2v) is 8.52. The Bertz CT molecular complexity index is 1220. The van der Waals surface area contributed by atoms with Crippen LogP contribution in [0.15, 0.2) is 72.8 Å². The van der Waals surface area contributed by atoms with Gasteiger partial charge in [0.05, 0.1) is 24.1 Å². The van der Waals surface area contributed by atoms with Crippen molar-refractivity contribution in [3.05, 3.63) is 94.8 Å². The van der Waals surface area contributed by atoms with E-state index in [9.17, 15) is 4.79 Å². The third-order valence-electron chi connectivity index (χ3n) is 5.89. The van der Waals surface area contributed by atoms with Crippen LogP contribution in [0.25, 0.3) is 11.0 Å². The molecule has 0 bridgehead atoms. The first-order chi connectivity index (χ1) is 16.0. The quantitative estimate of drug-likeness (QED) is 0.322. The number of hydrogen-bond donors (Lipinski definition) is 1. The lowest BCUT2D eigenvalue weighted by Gasteiger charge is -2.13. The highest BCUT2D eigenvalue weighted by Crippen LogP contribution is 2.22. The van der Waals surface area contributed by atoms with Crippen LogP contribution in [-0.2, 0) is 13.1 Å². The van der Waals surface area contributed by atoms with Crippen molar-refractivity contribution in [1.29, 1.82) is 0 Å². The summed E-state index contributed by atoms with van der Waals surface area (Å²) in [6.07, 6.45) is 1.12. The smallest absolute Gasteiger partial charge is 0.251 e. The summed E-state index contributed by atoms with van der Waals surface area (Å²) < 4.78 is 8.11. The molecule has 5 nitrogen and oxygen atoms in total.